The monoisotopic (exact) mass is 420 g/mol. The Morgan fingerprint density at radius 2 is 2.03 bits per heavy atom. The second-order valence-corrected chi connectivity index (χ2v) is 6.77. The topological polar surface area (TPSA) is 130 Å². The number of amides is 1. The Morgan fingerprint density at radius 1 is 1.30 bits per heavy atom. The fraction of sp³-hybridized carbons (Fsp3) is 0.263. The van der Waals surface area contributed by atoms with E-state index in [2.05, 4.69) is 20.2 Å². The minimum atomic E-state index is -5.03. The molecule has 1 unspecified atom stereocenters. The van der Waals surface area contributed by atoms with Crippen LogP contribution in [0.5, 0.6) is 0 Å². The number of aliphatic hydroxyl groups is 1. The highest BCUT2D eigenvalue weighted by atomic mass is 19.4. The van der Waals surface area contributed by atoms with Crippen LogP contribution in [0.15, 0.2) is 36.8 Å². The third-order valence-electron chi connectivity index (χ3n) is 4.63. The van der Waals surface area contributed by atoms with E-state index in [9.17, 15) is 23.1 Å². The highest BCUT2D eigenvalue weighted by Crippen LogP contribution is 2.40. The van der Waals surface area contributed by atoms with Crippen molar-refractivity contribution < 1.29 is 23.1 Å². The van der Waals surface area contributed by atoms with Gasteiger partial charge in [-0.1, -0.05) is 12.1 Å². The van der Waals surface area contributed by atoms with Crippen molar-refractivity contribution in [1.82, 2.24) is 25.5 Å². The number of rotatable bonds is 5. The third-order valence-corrected chi connectivity index (χ3v) is 4.63. The Bertz CT molecular complexity index is 1070. The number of nitrogens with zero attached hydrogens (tertiary/aromatic N) is 3. The number of nitrogens with one attached hydrogen (secondary N) is 2. The Morgan fingerprint density at radius 3 is 2.63 bits per heavy atom. The van der Waals surface area contributed by atoms with Crippen molar-refractivity contribution in [3.05, 3.63) is 47.9 Å². The molecule has 1 aromatic carbocycles. The molecule has 0 aliphatic rings. The first kappa shape index (κ1) is 21.2. The smallest absolute Gasteiger partial charge is 0.382 e. The zero-order chi connectivity index (χ0) is 22.1. The molecule has 8 nitrogen and oxygen atoms in total. The lowest BCUT2D eigenvalue weighted by atomic mass is 9.89. The summed E-state index contributed by atoms with van der Waals surface area (Å²) in [6.45, 7) is 1.73. The number of benzene rings is 1. The number of alkyl halides is 3. The number of carbonyl (C=O) groups is 1. The van der Waals surface area contributed by atoms with E-state index in [1.54, 1.807) is 13.1 Å². The lowest BCUT2D eigenvalue weighted by Gasteiger charge is -2.31. The molecule has 0 aliphatic heterocycles. The van der Waals surface area contributed by atoms with E-state index in [0.717, 1.165) is 13.0 Å². The van der Waals surface area contributed by atoms with Gasteiger partial charge in [-0.2, -0.15) is 18.3 Å². The van der Waals surface area contributed by atoms with Crippen LogP contribution in [0.4, 0.5) is 19.0 Å². The quantitative estimate of drug-likeness (QED) is 0.501. The Kier molecular flexibility index (Phi) is 5.49. The van der Waals surface area contributed by atoms with Crippen LogP contribution in [0.25, 0.3) is 22.5 Å². The first-order chi connectivity index (χ1) is 14.0. The standard InChI is InChI=1S/C19H19F3N6O2/c1-10-3-4-13(18(30,19(20,21)22)9-25-11(2)29)5-14(10)15-8-24-17(23)16(28-15)12-6-26-27-7-12/h3-8,30H,9H2,1-2H3,(H2,23,24)(H,25,29)(H,26,27). The molecule has 0 fully saturated rings. The molecule has 158 valence electrons. The molecular weight excluding hydrogens is 401 g/mol. The molecule has 1 atom stereocenters. The zero-order valence-electron chi connectivity index (χ0n) is 16.1. The van der Waals surface area contributed by atoms with Crippen molar-refractivity contribution in [1.29, 1.82) is 0 Å². The van der Waals surface area contributed by atoms with E-state index in [0.29, 0.717) is 22.4 Å². The van der Waals surface area contributed by atoms with Gasteiger partial charge in [-0.3, -0.25) is 9.89 Å². The summed E-state index contributed by atoms with van der Waals surface area (Å²) in [5.74, 6) is -0.564. The molecule has 0 radical (unpaired) electrons. The first-order valence-electron chi connectivity index (χ1n) is 8.79. The minimum absolute atomic E-state index is 0.131. The molecule has 1 amide bonds. The van der Waals surface area contributed by atoms with Gasteiger partial charge in [-0.25, -0.2) is 9.97 Å². The molecule has 0 saturated heterocycles. The molecule has 3 rings (SSSR count). The molecule has 30 heavy (non-hydrogen) atoms. The second kappa shape index (κ2) is 7.75. The van der Waals surface area contributed by atoms with E-state index in [1.165, 1.54) is 24.5 Å². The van der Waals surface area contributed by atoms with Crippen LogP contribution in [0, 0.1) is 6.92 Å². The lowest BCUT2D eigenvalue weighted by molar-refractivity contribution is -0.264. The van der Waals surface area contributed by atoms with Gasteiger partial charge in [0.25, 0.3) is 0 Å². The number of hydrogen-bond acceptors (Lipinski definition) is 6. The molecule has 11 heteroatoms. The molecule has 5 N–H and O–H groups in total. The van der Waals surface area contributed by atoms with Gasteiger partial charge in [0.15, 0.2) is 0 Å². The van der Waals surface area contributed by atoms with Crippen molar-refractivity contribution in [2.45, 2.75) is 25.6 Å². The average Bonchev–Trinajstić information content (AvgIpc) is 3.20. The fourth-order valence-corrected chi connectivity index (χ4v) is 2.89. The minimum Gasteiger partial charge on any atom is -0.382 e. The molecule has 3 aromatic rings. The summed E-state index contributed by atoms with van der Waals surface area (Å²) in [5, 5.41) is 19.0. The zero-order valence-corrected chi connectivity index (χ0v) is 16.1. The number of carbonyl (C=O) groups excluding carboxylic acids is 1. The van der Waals surface area contributed by atoms with Gasteiger partial charge in [0.1, 0.15) is 11.5 Å². The van der Waals surface area contributed by atoms with Crippen molar-refractivity contribution in [3.8, 4) is 22.5 Å². The fourth-order valence-electron chi connectivity index (χ4n) is 2.89. The van der Waals surface area contributed by atoms with E-state index >= 15 is 0 Å². The largest absolute Gasteiger partial charge is 0.423 e. The van der Waals surface area contributed by atoms with Gasteiger partial charge in [0.2, 0.25) is 11.5 Å². The van der Waals surface area contributed by atoms with Crippen molar-refractivity contribution in [2.75, 3.05) is 12.3 Å². The van der Waals surface area contributed by atoms with Crippen LogP contribution < -0.4 is 11.1 Å². The maximum atomic E-state index is 13.7. The SMILES string of the molecule is CC(=O)NCC(O)(c1ccc(C)c(-c2cnc(N)c(-c3cn[nH]c3)n2)c1)C(F)(F)F. The van der Waals surface area contributed by atoms with Crippen LogP contribution in [0.2, 0.25) is 0 Å². The summed E-state index contributed by atoms with van der Waals surface area (Å²) in [4.78, 5) is 19.7. The summed E-state index contributed by atoms with van der Waals surface area (Å²) >= 11 is 0. The van der Waals surface area contributed by atoms with Crippen molar-refractivity contribution in [3.63, 3.8) is 0 Å². The summed E-state index contributed by atoms with van der Waals surface area (Å²) in [6, 6.07) is 3.78. The Hall–Kier alpha value is -3.47. The summed E-state index contributed by atoms with van der Waals surface area (Å²) in [5.41, 5.74) is 4.24. The van der Waals surface area contributed by atoms with Crippen LogP contribution in [0.1, 0.15) is 18.1 Å². The van der Waals surface area contributed by atoms with Gasteiger partial charge in [-0.05, 0) is 24.1 Å². The third kappa shape index (κ3) is 3.96. The van der Waals surface area contributed by atoms with Crippen molar-refractivity contribution >= 4 is 11.7 Å². The number of hydrogen-bond donors (Lipinski definition) is 4. The van der Waals surface area contributed by atoms with Crippen LogP contribution in [-0.4, -0.2) is 43.9 Å². The van der Waals surface area contributed by atoms with Gasteiger partial charge >= 0.3 is 6.18 Å². The number of aromatic nitrogens is 4. The highest BCUT2D eigenvalue weighted by molar-refractivity contribution is 5.74. The Labute approximate surface area is 169 Å². The summed E-state index contributed by atoms with van der Waals surface area (Å²) < 4.78 is 41.2. The molecule has 2 aromatic heterocycles. The first-order valence-corrected chi connectivity index (χ1v) is 8.79. The maximum absolute atomic E-state index is 13.7. The van der Waals surface area contributed by atoms with Gasteiger partial charge in [-0.15, -0.1) is 0 Å². The van der Waals surface area contributed by atoms with E-state index in [4.69, 9.17) is 5.73 Å². The molecule has 2 heterocycles. The number of anilines is 1. The summed E-state index contributed by atoms with van der Waals surface area (Å²) in [7, 11) is 0. The van der Waals surface area contributed by atoms with E-state index in [1.807, 2.05) is 5.32 Å². The van der Waals surface area contributed by atoms with E-state index < -0.39 is 29.8 Å². The van der Waals surface area contributed by atoms with Crippen LogP contribution in [-0.2, 0) is 10.4 Å². The van der Waals surface area contributed by atoms with Crippen LogP contribution in [0.3, 0.4) is 0 Å². The van der Waals surface area contributed by atoms with Crippen molar-refractivity contribution in [2.24, 2.45) is 0 Å². The Balaban J connectivity index is 2.11. The average molecular weight is 420 g/mol. The number of H-pyrrole nitrogens is 1. The summed E-state index contributed by atoms with van der Waals surface area (Å²) in [6.07, 6.45) is -0.644. The molecule has 0 aliphatic carbocycles. The highest BCUT2D eigenvalue weighted by Gasteiger charge is 2.55. The number of aryl methyl sites for hydroxylation is 1. The number of nitrogens with two attached hydrogens (primary N) is 1. The normalized spacial score (nSPS) is 13.7. The van der Waals surface area contributed by atoms with Gasteiger partial charge < -0.3 is 16.2 Å². The molecule has 0 saturated carbocycles. The molecule has 0 bridgehead atoms. The van der Waals surface area contributed by atoms with Gasteiger partial charge in [0.05, 0.1) is 24.6 Å². The molecule has 0 spiro atoms. The maximum Gasteiger partial charge on any atom is 0.423 e. The predicted molar refractivity (Wildman–Crippen MR) is 103 cm³/mol. The lowest BCUT2D eigenvalue weighted by Crippen LogP contribution is -2.50. The number of nitrogen functional groups attached to an aromatic ring is 1. The van der Waals surface area contributed by atoms with E-state index in [-0.39, 0.29) is 11.5 Å². The van der Waals surface area contributed by atoms with Crippen LogP contribution >= 0.6 is 0 Å². The number of halogens is 3. The second-order valence-electron chi connectivity index (χ2n) is 6.77. The molecular formula is C19H19F3N6O2. The van der Waals surface area contributed by atoms with Gasteiger partial charge in [0, 0.05) is 24.2 Å². The predicted octanol–water partition coefficient (Wildman–Crippen LogP) is 2.31. The number of aromatic amines is 1.